The first-order valence-corrected chi connectivity index (χ1v) is 13.1. The maximum absolute atomic E-state index is 13.9. The summed E-state index contributed by atoms with van der Waals surface area (Å²) < 4.78 is 10.3. The van der Waals surface area contributed by atoms with Crippen LogP contribution in [-0.2, 0) is 23.9 Å². The Morgan fingerprint density at radius 2 is 1.65 bits per heavy atom. The summed E-state index contributed by atoms with van der Waals surface area (Å²) in [5.41, 5.74) is 0.937. The van der Waals surface area contributed by atoms with Crippen molar-refractivity contribution in [2.75, 3.05) is 19.7 Å². The molecule has 2 atom stereocenters. The lowest BCUT2D eigenvalue weighted by Crippen LogP contribution is -2.53. The molecule has 0 bridgehead atoms. The van der Waals surface area contributed by atoms with Gasteiger partial charge in [-0.3, -0.25) is 14.4 Å². The smallest absolute Gasteiger partial charge is 0.408 e. The monoisotopic (exact) mass is 519 g/mol. The third kappa shape index (κ3) is 11.7. The normalized spacial score (nSPS) is 12.9. The number of esters is 1. The van der Waals surface area contributed by atoms with Gasteiger partial charge in [0.2, 0.25) is 11.8 Å². The summed E-state index contributed by atoms with van der Waals surface area (Å²) in [6, 6.07) is 5.59. The van der Waals surface area contributed by atoms with Gasteiger partial charge >= 0.3 is 12.1 Å². The highest BCUT2D eigenvalue weighted by molar-refractivity contribution is 5.92. The molecular formula is C28H45N3O6. The molecule has 0 saturated heterocycles. The van der Waals surface area contributed by atoms with Crippen LogP contribution in [0.2, 0.25) is 0 Å². The number of carbonyl (C=O) groups excluding carboxylic acids is 4. The second kappa shape index (κ2) is 15.2. The van der Waals surface area contributed by atoms with Crippen LogP contribution in [-0.4, -0.2) is 60.1 Å². The van der Waals surface area contributed by atoms with Crippen molar-refractivity contribution in [2.45, 2.75) is 92.3 Å². The van der Waals surface area contributed by atoms with E-state index in [4.69, 9.17) is 9.47 Å². The van der Waals surface area contributed by atoms with Gasteiger partial charge in [-0.25, -0.2) is 4.79 Å². The Labute approximate surface area is 221 Å². The van der Waals surface area contributed by atoms with Gasteiger partial charge < -0.3 is 25.0 Å². The molecule has 3 amide bonds. The topological polar surface area (TPSA) is 114 Å². The van der Waals surface area contributed by atoms with E-state index >= 15 is 0 Å². The zero-order chi connectivity index (χ0) is 28.2. The molecule has 1 rings (SSSR count). The molecule has 0 aliphatic heterocycles. The van der Waals surface area contributed by atoms with Crippen molar-refractivity contribution >= 4 is 23.9 Å². The zero-order valence-corrected chi connectivity index (χ0v) is 23.7. The molecule has 1 aromatic carbocycles. The van der Waals surface area contributed by atoms with Crippen molar-refractivity contribution in [1.82, 2.24) is 15.5 Å². The van der Waals surface area contributed by atoms with Crippen LogP contribution in [0.1, 0.15) is 84.9 Å². The molecule has 9 heteroatoms. The van der Waals surface area contributed by atoms with Gasteiger partial charge in [0.05, 0.1) is 13.0 Å². The number of aryl methyl sites for hydroxylation is 1. The van der Waals surface area contributed by atoms with E-state index in [1.54, 1.807) is 27.7 Å². The van der Waals surface area contributed by atoms with Gasteiger partial charge in [0.25, 0.3) is 0 Å². The van der Waals surface area contributed by atoms with Crippen molar-refractivity contribution in [3.8, 4) is 0 Å². The fourth-order valence-electron chi connectivity index (χ4n) is 3.79. The van der Waals surface area contributed by atoms with E-state index in [9.17, 15) is 19.2 Å². The number of hydrogen-bond acceptors (Lipinski definition) is 6. The number of nitrogens with zero attached hydrogens (tertiary/aromatic N) is 1. The summed E-state index contributed by atoms with van der Waals surface area (Å²) in [5, 5.41) is 5.51. The molecule has 2 N–H and O–H groups in total. The Bertz CT molecular complexity index is 892. The van der Waals surface area contributed by atoms with E-state index < -0.39 is 35.7 Å². The summed E-state index contributed by atoms with van der Waals surface area (Å²) in [4.78, 5) is 53.2. The number of alkyl carbamates (subject to hydrolysis) is 1. The number of hydrogen-bond donors (Lipinski definition) is 2. The Balaban J connectivity index is 3.32. The minimum atomic E-state index is -0.939. The second-order valence-corrected chi connectivity index (χ2v) is 10.5. The summed E-state index contributed by atoms with van der Waals surface area (Å²) in [7, 11) is 0. The van der Waals surface area contributed by atoms with Crippen molar-refractivity contribution in [3.63, 3.8) is 0 Å². The summed E-state index contributed by atoms with van der Waals surface area (Å²) >= 11 is 0. The predicted molar refractivity (Wildman–Crippen MR) is 143 cm³/mol. The molecule has 0 saturated carbocycles. The quantitative estimate of drug-likeness (QED) is 0.376. The second-order valence-electron chi connectivity index (χ2n) is 10.5. The minimum Gasteiger partial charge on any atom is -0.466 e. The van der Waals surface area contributed by atoms with Crippen molar-refractivity contribution in [1.29, 1.82) is 0 Å². The molecule has 0 aliphatic carbocycles. The van der Waals surface area contributed by atoms with E-state index in [0.717, 1.165) is 5.56 Å². The lowest BCUT2D eigenvalue weighted by Gasteiger charge is -2.35. The van der Waals surface area contributed by atoms with E-state index in [1.807, 2.05) is 52.0 Å². The van der Waals surface area contributed by atoms with Crippen LogP contribution in [0, 0.1) is 12.8 Å². The molecule has 208 valence electrons. The number of amides is 3. The summed E-state index contributed by atoms with van der Waals surface area (Å²) in [5.74, 6) is -1.08. The average Bonchev–Trinajstić information content (AvgIpc) is 2.77. The maximum atomic E-state index is 13.9. The van der Waals surface area contributed by atoms with Gasteiger partial charge in [0, 0.05) is 13.1 Å². The largest absolute Gasteiger partial charge is 0.466 e. The van der Waals surface area contributed by atoms with Crippen LogP contribution in [0.3, 0.4) is 0 Å². The predicted octanol–water partition coefficient (Wildman–Crippen LogP) is 4.28. The van der Waals surface area contributed by atoms with E-state index in [1.165, 1.54) is 4.90 Å². The van der Waals surface area contributed by atoms with Gasteiger partial charge in [-0.05, 0) is 58.9 Å². The number of nitrogens with one attached hydrogen (secondary N) is 2. The molecular weight excluding hydrogens is 474 g/mol. The van der Waals surface area contributed by atoms with Crippen LogP contribution in [0.4, 0.5) is 4.79 Å². The maximum Gasteiger partial charge on any atom is 0.408 e. The van der Waals surface area contributed by atoms with Crippen LogP contribution in [0.15, 0.2) is 24.3 Å². The Morgan fingerprint density at radius 1 is 1.03 bits per heavy atom. The van der Waals surface area contributed by atoms with E-state index in [0.29, 0.717) is 24.9 Å². The highest BCUT2D eigenvalue weighted by Gasteiger charge is 2.36. The van der Waals surface area contributed by atoms with Crippen molar-refractivity contribution in [2.24, 2.45) is 5.92 Å². The van der Waals surface area contributed by atoms with E-state index in [2.05, 4.69) is 10.6 Å². The molecule has 0 radical (unpaired) electrons. The number of benzene rings is 1. The van der Waals surface area contributed by atoms with Gasteiger partial charge in [-0.2, -0.15) is 0 Å². The molecule has 0 fully saturated rings. The van der Waals surface area contributed by atoms with Crippen LogP contribution in [0.5, 0.6) is 0 Å². The van der Waals surface area contributed by atoms with Gasteiger partial charge in [-0.15, -0.1) is 0 Å². The number of rotatable bonds is 13. The highest BCUT2D eigenvalue weighted by Crippen LogP contribution is 2.25. The average molecular weight is 520 g/mol. The minimum absolute atomic E-state index is 0.0259. The lowest BCUT2D eigenvalue weighted by atomic mass is 9.98. The highest BCUT2D eigenvalue weighted by atomic mass is 16.6. The van der Waals surface area contributed by atoms with Crippen molar-refractivity contribution in [3.05, 3.63) is 35.4 Å². The summed E-state index contributed by atoms with van der Waals surface area (Å²) in [6.07, 6.45) is 0.320. The fourth-order valence-corrected chi connectivity index (χ4v) is 3.79. The molecule has 0 heterocycles. The third-order valence-corrected chi connectivity index (χ3v) is 5.33. The molecule has 0 spiro atoms. The first-order chi connectivity index (χ1) is 17.3. The Hall–Kier alpha value is -3.10. The Kier molecular flexibility index (Phi) is 13.1. The molecule has 0 aromatic heterocycles. The standard InChI is InChI=1S/C28H45N3O6/c1-9-17-31(26(34)22(18-19(3)4)30-27(35)37-28(6,7)8)24(21-13-11-20(5)12-14-21)25(33)29-16-15-23(32)36-10-2/h11-14,19,22,24H,9-10,15-18H2,1-8H3,(H,29,33)(H,30,35). The SMILES string of the molecule is CCCN(C(=O)C(CC(C)C)NC(=O)OC(C)(C)C)C(C(=O)NCCC(=O)OCC)c1ccc(C)cc1. The van der Waals surface area contributed by atoms with Gasteiger partial charge in [0.1, 0.15) is 17.7 Å². The lowest BCUT2D eigenvalue weighted by molar-refractivity contribution is -0.144. The molecule has 37 heavy (non-hydrogen) atoms. The Morgan fingerprint density at radius 3 is 2.16 bits per heavy atom. The van der Waals surface area contributed by atoms with Crippen molar-refractivity contribution < 1.29 is 28.7 Å². The first-order valence-electron chi connectivity index (χ1n) is 13.1. The zero-order valence-electron chi connectivity index (χ0n) is 23.7. The van der Waals surface area contributed by atoms with Crippen LogP contribution in [0.25, 0.3) is 0 Å². The number of ether oxygens (including phenoxy) is 2. The molecule has 2 unspecified atom stereocenters. The molecule has 0 aliphatic rings. The third-order valence-electron chi connectivity index (χ3n) is 5.33. The van der Waals surface area contributed by atoms with Crippen LogP contribution < -0.4 is 10.6 Å². The van der Waals surface area contributed by atoms with E-state index in [-0.39, 0.29) is 31.4 Å². The molecule has 9 nitrogen and oxygen atoms in total. The van der Waals surface area contributed by atoms with Gasteiger partial charge in [0.15, 0.2) is 0 Å². The number of carbonyl (C=O) groups is 4. The molecule has 1 aromatic rings. The van der Waals surface area contributed by atoms with Gasteiger partial charge in [-0.1, -0.05) is 50.6 Å². The summed E-state index contributed by atoms with van der Waals surface area (Å²) in [6.45, 7) is 15.4. The fraction of sp³-hybridized carbons (Fsp3) is 0.643. The van der Waals surface area contributed by atoms with Crippen LogP contribution >= 0.6 is 0 Å². The first kappa shape index (κ1) is 31.9.